The number of carbonyl (C=O) groups is 1. The van der Waals surface area contributed by atoms with Crippen LogP contribution in [0.5, 0.6) is 0 Å². The van der Waals surface area contributed by atoms with Crippen LogP contribution in [0.4, 0.5) is 0 Å². The first-order valence-electron chi connectivity index (χ1n) is 4.90. The van der Waals surface area contributed by atoms with Crippen LogP contribution in [-0.4, -0.2) is 10.8 Å². The molecule has 0 spiro atoms. The third-order valence-corrected chi connectivity index (χ3v) is 2.95. The number of ketones is 1. The molecule has 2 nitrogen and oxygen atoms in total. The van der Waals surface area contributed by atoms with E-state index in [-0.39, 0.29) is 5.78 Å². The quantitative estimate of drug-likeness (QED) is 0.566. The van der Waals surface area contributed by atoms with Crippen LogP contribution in [-0.2, 0) is 0 Å². The minimum atomic E-state index is 0.194. The molecule has 0 N–H and O–H groups in total. The Hall–Kier alpha value is -0.890. The van der Waals surface area contributed by atoms with Crippen molar-refractivity contribution < 1.29 is 4.79 Å². The number of hydrogen-bond acceptors (Lipinski definition) is 2. The Labute approximate surface area is 88.3 Å². The topological polar surface area (TPSA) is 30.0 Å². The smallest absolute Gasteiger partial charge is 0.163 e. The third kappa shape index (κ3) is 2.13. The SMILES string of the molecule is O=C(CC1CCC1)c1ccnc(Cl)c1. The Kier molecular flexibility index (Phi) is 2.82. The first kappa shape index (κ1) is 9.66. The van der Waals surface area contributed by atoms with E-state index in [9.17, 15) is 4.79 Å². The number of rotatable bonds is 3. The fourth-order valence-corrected chi connectivity index (χ4v) is 1.83. The van der Waals surface area contributed by atoms with Crippen molar-refractivity contribution in [3.63, 3.8) is 0 Å². The first-order chi connectivity index (χ1) is 6.75. The van der Waals surface area contributed by atoms with Crippen LogP contribution in [0.1, 0.15) is 36.0 Å². The van der Waals surface area contributed by atoms with Crippen LogP contribution < -0.4 is 0 Å². The molecule has 1 aliphatic carbocycles. The summed E-state index contributed by atoms with van der Waals surface area (Å²) < 4.78 is 0. The predicted molar refractivity (Wildman–Crippen MR) is 55.5 cm³/mol. The Balaban J connectivity index is 2.02. The maximum atomic E-state index is 11.7. The summed E-state index contributed by atoms with van der Waals surface area (Å²) >= 11 is 5.71. The molecule has 2 rings (SSSR count). The van der Waals surface area contributed by atoms with E-state index in [1.807, 2.05) is 0 Å². The summed E-state index contributed by atoms with van der Waals surface area (Å²) in [6.07, 6.45) is 5.92. The highest BCUT2D eigenvalue weighted by molar-refractivity contribution is 6.29. The van der Waals surface area contributed by atoms with Gasteiger partial charge in [-0.3, -0.25) is 4.79 Å². The van der Waals surface area contributed by atoms with Gasteiger partial charge in [0.2, 0.25) is 0 Å². The van der Waals surface area contributed by atoms with E-state index in [1.54, 1.807) is 18.3 Å². The second-order valence-electron chi connectivity index (χ2n) is 3.79. The molecule has 1 aliphatic rings. The standard InChI is InChI=1S/C11H12ClNO/c12-11-7-9(4-5-13-11)10(14)6-8-2-1-3-8/h4-5,7-8H,1-3,6H2. The van der Waals surface area contributed by atoms with Crippen LogP contribution in [0.3, 0.4) is 0 Å². The molecule has 0 radical (unpaired) electrons. The van der Waals surface area contributed by atoms with Crippen molar-refractivity contribution in [3.05, 3.63) is 29.0 Å². The minimum Gasteiger partial charge on any atom is -0.294 e. The number of Topliss-reactive ketones (excluding diaryl/α,β-unsaturated/α-hetero) is 1. The van der Waals surface area contributed by atoms with E-state index in [2.05, 4.69) is 4.98 Å². The molecular formula is C11H12ClNO. The molecule has 1 aromatic heterocycles. The van der Waals surface area contributed by atoms with E-state index >= 15 is 0 Å². The lowest BCUT2D eigenvalue weighted by Crippen LogP contribution is -2.15. The molecule has 1 heterocycles. The Morgan fingerprint density at radius 2 is 2.36 bits per heavy atom. The zero-order valence-corrected chi connectivity index (χ0v) is 8.63. The Morgan fingerprint density at radius 1 is 1.57 bits per heavy atom. The molecule has 0 aromatic carbocycles. The summed E-state index contributed by atoms with van der Waals surface area (Å²) in [4.78, 5) is 15.6. The molecule has 14 heavy (non-hydrogen) atoms. The second-order valence-corrected chi connectivity index (χ2v) is 4.18. The second kappa shape index (κ2) is 4.09. The summed E-state index contributed by atoms with van der Waals surface area (Å²) in [6.45, 7) is 0. The van der Waals surface area contributed by atoms with Crippen molar-refractivity contribution >= 4 is 17.4 Å². The lowest BCUT2D eigenvalue weighted by Gasteiger charge is -2.24. The molecular weight excluding hydrogens is 198 g/mol. The van der Waals surface area contributed by atoms with E-state index in [0.717, 1.165) is 0 Å². The lowest BCUT2D eigenvalue weighted by molar-refractivity contribution is 0.0936. The van der Waals surface area contributed by atoms with Gasteiger partial charge in [-0.25, -0.2) is 4.98 Å². The molecule has 0 aliphatic heterocycles. The van der Waals surface area contributed by atoms with E-state index in [0.29, 0.717) is 23.1 Å². The highest BCUT2D eigenvalue weighted by Crippen LogP contribution is 2.30. The predicted octanol–water partition coefficient (Wildman–Crippen LogP) is 3.11. The molecule has 1 fully saturated rings. The Bertz CT molecular complexity index is 347. The minimum absolute atomic E-state index is 0.194. The molecule has 0 atom stereocenters. The van der Waals surface area contributed by atoms with E-state index in [4.69, 9.17) is 11.6 Å². The average Bonchev–Trinajstić information content (AvgIpc) is 2.11. The van der Waals surface area contributed by atoms with Gasteiger partial charge >= 0.3 is 0 Å². The first-order valence-corrected chi connectivity index (χ1v) is 5.28. The van der Waals surface area contributed by atoms with Gasteiger partial charge in [0.1, 0.15) is 5.15 Å². The maximum absolute atomic E-state index is 11.7. The van der Waals surface area contributed by atoms with Gasteiger partial charge in [-0.05, 0) is 18.1 Å². The summed E-state index contributed by atoms with van der Waals surface area (Å²) in [6, 6.07) is 3.37. The average molecular weight is 210 g/mol. The van der Waals surface area contributed by atoms with Crippen molar-refractivity contribution in [2.45, 2.75) is 25.7 Å². The highest BCUT2D eigenvalue weighted by Gasteiger charge is 2.21. The summed E-state index contributed by atoms with van der Waals surface area (Å²) in [5.41, 5.74) is 0.692. The van der Waals surface area contributed by atoms with Crippen LogP contribution in [0.15, 0.2) is 18.3 Å². The largest absolute Gasteiger partial charge is 0.294 e. The molecule has 74 valence electrons. The van der Waals surface area contributed by atoms with Gasteiger partial charge in [-0.15, -0.1) is 0 Å². The van der Waals surface area contributed by atoms with Crippen molar-refractivity contribution in [3.8, 4) is 0 Å². The summed E-state index contributed by atoms with van der Waals surface area (Å²) in [7, 11) is 0. The van der Waals surface area contributed by atoms with Crippen LogP contribution in [0.2, 0.25) is 5.15 Å². The Morgan fingerprint density at radius 3 is 2.93 bits per heavy atom. The normalized spacial score (nSPS) is 16.4. The van der Waals surface area contributed by atoms with Gasteiger partial charge < -0.3 is 0 Å². The van der Waals surface area contributed by atoms with Gasteiger partial charge in [-0.1, -0.05) is 30.9 Å². The molecule has 0 amide bonds. The van der Waals surface area contributed by atoms with Crippen molar-refractivity contribution in [1.29, 1.82) is 0 Å². The maximum Gasteiger partial charge on any atom is 0.163 e. The zero-order chi connectivity index (χ0) is 9.97. The lowest BCUT2D eigenvalue weighted by atomic mass is 9.81. The monoisotopic (exact) mass is 209 g/mol. The van der Waals surface area contributed by atoms with E-state index < -0.39 is 0 Å². The summed E-state index contributed by atoms with van der Waals surface area (Å²) in [5.74, 6) is 0.799. The highest BCUT2D eigenvalue weighted by atomic mass is 35.5. The van der Waals surface area contributed by atoms with E-state index in [1.165, 1.54) is 19.3 Å². The fraction of sp³-hybridized carbons (Fsp3) is 0.455. The summed E-state index contributed by atoms with van der Waals surface area (Å²) in [5, 5.41) is 0.393. The van der Waals surface area contributed by atoms with Crippen molar-refractivity contribution in [2.75, 3.05) is 0 Å². The number of pyridine rings is 1. The fourth-order valence-electron chi connectivity index (χ4n) is 1.65. The molecule has 0 unspecified atom stereocenters. The molecule has 1 aromatic rings. The number of carbonyl (C=O) groups excluding carboxylic acids is 1. The zero-order valence-electron chi connectivity index (χ0n) is 7.87. The number of aromatic nitrogens is 1. The molecule has 0 saturated heterocycles. The van der Waals surface area contributed by atoms with Crippen molar-refractivity contribution in [2.24, 2.45) is 5.92 Å². The number of hydrogen-bond donors (Lipinski definition) is 0. The van der Waals surface area contributed by atoms with Crippen LogP contribution in [0.25, 0.3) is 0 Å². The van der Waals surface area contributed by atoms with Gasteiger partial charge in [0, 0.05) is 18.2 Å². The number of halogens is 1. The molecule has 3 heteroatoms. The van der Waals surface area contributed by atoms with Crippen molar-refractivity contribution in [1.82, 2.24) is 4.98 Å². The van der Waals surface area contributed by atoms with Gasteiger partial charge in [-0.2, -0.15) is 0 Å². The molecule has 1 saturated carbocycles. The van der Waals surface area contributed by atoms with Gasteiger partial charge in [0.25, 0.3) is 0 Å². The van der Waals surface area contributed by atoms with Crippen LogP contribution >= 0.6 is 11.6 Å². The number of nitrogens with zero attached hydrogens (tertiary/aromatic N) is 1. The van der Waals surface area contributed by atoms with Crippen LogP contribution in [0, 0.1) is 5.92 Å². The van der Waals surface area contributed by atoms with Gasteiger partial charge in [0.05, 0.1) is 0 Å². The van der Waals surface area contributed by atoms with Gasteiger partial charge in [0.15, 0.2) is 5.78 Å². The third-order valence-electron chi connectivity index (χ3n) is 2.75. The molecule has 0 bridgehead atoms.